The van der Waals surface area contributed by atoms with Crippen LogP contribution >= 0.6 is 15.9 Å². The maximum absolute atomic E-state index is 13.9. The molecule has 0 aliphatic heterocycles. The highest BCUT2D eigenvalue weighted by Gasteiger charge is 2.06. The van der Waals surface area contributed by atoms with Crippen LogP contribution in [0.1, 0.15) is 22.9 Å². The summed E-state index contributed by atoms with van der Waals surface area (Å²) in [6.45, 7) is 0. The Hall–Kier alpha value is -2.79. The number of fused-ring (bicyclic) bond motifs is 1. The van der Waals surface area contributed by atoms with Crippen LogP contribution in [0.3, 0.4) is 0 Å². The first-order valence-electron chi connectivity index (χ1n) is 8.11. The van der Waals surface area contributed by atoms with Crippen LogP contribution < -0.4 is 0 Å². The quantitative estimate of drug-likeness (QED) is 0.422. The van der Waals surface area contributed by atoms with Crippen LogP contribution in [-0.4, -0.2) is 10.2 Å². The molecular formula is C21H14BrFN2O. The van der Waals surface area contributed by atoms with E-state index in [0.717, 1.165) is 21.0 Å². The van der Waals surface area contributed by atoms with Gasteiger partial charge in [-0.15, -0.1) is 10.2 Å². The van der Waals surface area contributed by atoms with Gasteiger partial charge in [0.1, 0.15) is 5.82 Å². The first kappa shape index (κ1) is 16.7. The van der Waals surface area contributed by atoms with Gasteiger partial charge in [0, 0.05) is 15.9 Å². The van der Waals surface area contributed by atoms with Gasteiger partial charge in [0.15, 0.2) is 0 Å². The van der Waals surface area contributed by atoms with Gasteiger partial charge in [-0.25, -0.2) is 4.39 Å². The standard InChI is InChI=1S/C21H14BrFN2O/c22-16-5-3-4-14(12-16)13-21-25-24-20(26-21)11-9-15-8-10-19(23)18-7-2-1-6-17(15)18/h1-12H,13H2/b11-9+. The molecular weight excluding hydrogens is 395 g/mol. The van der Waals surface area contributed by atoms with Crippen LogP contribution in [0.15, 0.2) is 69.6 Å². The molecule has 0 radical (unpaired) electrons. The van der Waals surface area contributed by atoms with E-state index in [-0.39, 0.29) is 5.82 Å². The summed E-state index contributed by atoms with van der Waals surface area (Å²) in [6.07, 6.45) is 4.18. The van der Waals surface area contributed by atoms with Gasteiger partial charge in [-0.1, -0.05) is 58.4 Å². The number of aromatic nitrogens is 2. The fraction of sp³-hybridized carbons (Fsp3) is 0.0476. The van der Waals surface area contributed by atoms with Crippen LogP contribution in [0.2, 0.25) is 0 Å². The number of nitrogens with zero attached hydrogens (tertiary/aromatic N) is 2. The van der Waals surface area contributed by atoms with Crippen LogP contribution in [0, 0.1) is 5.82 Å². The fourth-order valence-electron chi connectivity index (χ4n) is 2.82. The van der Waals surface area contributed by atoms with Crippen molar-refractivity contribution in [2.75, 3.05) is 0 Å². The molecule has 0 spiro atoms. The van der Waals surface area contributed by atoms with E-state index in [2.05, 4.69) is 26.1 Å². The van der Waals surface area contributed by atoms with E-state index >= 15 is 0 Å². The first-order valence-corrected chi connectivity index (χ1v) is 8.90. The van der Waals surface area contributed by atoms with Crippen molar-refractivity contribution in [2.24, 2.45) is 0 Å². The summed E-state index contributed by atoms with van der Waals surface area (Å²) < 4.78 is 20.6. The summed E-state index contributed by atoms with van der Waals surface area (Å²) in [5.74, 6) is 0.738. The van der Waals surface area contributed by atoms with Gasteiger partial charge < -0.3 is 4.42 Å². The maximum atomic E-state index is 13.9. The minimum Gasteiger partial charge on any atom is -0.421 e. The molecule has 0 aliphatic rings. The van der Waals surface area contributed by atoms with Crippen LogP contribution in [0.5, 0.6) is 0 Å². The minimum atomic E-state index is -0.230. The molecule has 0 saturated carbocycles. The predicted molar refractivity (Wildman–Crippen MR) is 104 cm³/mol. The van der Waals surface area contributed by atoms with Crippen LogP contribution in [0.25, 0.3) is 22.9 Å². The summed E-state index contributed by atoms with van der Waals surface area (Å²) in [6, 6.07) is 18.6. The van der Waals surface area contributed by atoms with Crippen molar-refractivity contribution in [3.63, 3.8) is 0 Å². The molecule has 1 aromatic heterocycles. The fourth-order valence-corrected chi connectivity index (χ4v) is 3.27. The Labute approximate surface area is 158 Å². The van der Waals surface area contributed by atoms with E-state index in [0.29, 0.717) is 23.6 Å². The lowest BCUT2D eigenvalue weighted by Gasteiger charge is -2.02. The Kier molecular flexibility index (Phi) is 4.63. The number of rotatable bonds is 4. The number of benzene rings is 3. The average Bonchev–Trinajstić information content (AvgIpc) is 3.09. The zero-order valence-corrected chi connectivity index (χ0v) is 15.3. The van der Waals surface area contributed by atoms with Crippen LogP contribution in [-0.2, 0) is 6.42 Å². The van der Waals surface area contributed by atoms with Crippen molar-refractivity contribution in [3.8, 4) is 0 Å². The molecule has 3 aromatic carbocycles. The normalized spacial score (nSPS) is 11.5. The third-order valence-corrected chi connectivity index (χ3v) is 4.53. The van der Waals surface area contributed by atoms with Crippen molar-refractivity contribution < 1.29 is 8.81 Å². The summed E-state index contributed by atoms with van der Waals surface area (Å²) in [5.41, 5.74) is 1.98. The molecule has 5 heteroatoms. The summed E-state index contributed by atoms with van der Waals surface area (Å²) in [7, 11) is 0. The highest BCUT2D eigenvalue weighted by Crippen LogP contribution is 2.23. The summed E-state index contributed by atoms with van der Waals surface area (Å²) in [4.78, 5) is 0. The van der Waals surface area contributed by atoms with E-state index in [4.69, 9.17) is 4.42 Å². The zero-order chi connectivity index (χ0) is 17.9. The SMILES string of the molecule is Fc1ccc(/C=C/c2nnc(Cc3cccc(Br)c3)o2)c2ccccc12. The second-order valence-corrected chi connectivity index (χ2v) is 6.77. The zero-order valence-electron chi connectivity index (χ0n) is 13.7. The number of halogens is 2. The molecule has 0 unspecified atom stereocenters. The van der Waals surface area contributed by atoms with Gasteiger partial charge in [0.2, 0.25) is 11.8 Å². The molecule has 0 bridgehead atoms. The summed E-state index contributed by atoms with van der Waals surface area (Å²) >= 11 is 3.45. The molecule has 0 saturated heterocycles. The van der Waals surface area contributed by atoms with Crippen molar-refractivity contribution in [2.45, 2.75) is 6.42 Å². The van der Waals surface area contributed by atoms with Crippen molar-refractivity contribution in [1.29, 1.82) is 0 Å². The largest absolute Gasteiger partial charge is 0.421 e. The molecule has 128 valence electrons. The highest BCUT2D eigenvalue weighted by molar-refractivity contribution is 9.10. The topological polar surface area (TPSA) is 38.9 Å². The second kappa shape index (κ2) is 7.22. The van der Waals surface area contributed by atoms with Crippen molar-refractivity contribution in [3.05, 3.63) is 93.9 Å². The van der Waals surface area contributed by atoms with E-state index in [1.54, 1.807) is 18.2 Å². The van der Waals surface area contributed by atoms with Gasteiger partial charge in [-0.05, 0) is 40.8 Å². The first-order chi connectivity index (χ1) is 12.7. The number of hydrogen-bond acceptors (Lipinski definition) is 3. The molecule has 0 aliphatic carbocycles. The van der Waals surface area contributed by atoms with E-state index in [1.165, 1.54) is 6.07 Å². The van der Waals surface area contributed by atoms with Crippen LogP contribution in [0.4, 0.5) is 4.39 Å². The van der Waals surface area contributed by atoms with E-state index < -0.39 is 0 Å². The molecule has 0 atom stereocenters. The average molecular weight is 409 g/mol. The molecule has 0 fully saturated rings. The van der Waals surface area contributed by atoms with Gasteiger partial charge in [0.25, 0.3) is 0 Å². The van der Waals surface area contributed by atoms with E-state index in [1.807, 2.05) is 48.5 Å². The molecule has 0 N–H and O–H groups in total. The predicted octanol–water partition coefficient (Wildman–Crippen LogP) is 5.89. The van der Waals surface area contributed by atoms with Gasteiger partial charge >= 0.3 is 0 Å². The molecule has 3 nitrogen and oxygen atoms in total. The Morgan fingerprint density at radius 3 is 2.62 bits per heavy atom. The maximum Gasteiger partial charge on any atom is 0.240 e. The van der Waals surface area contributed by atoms with Gasteiger partial charge in [-0.3, -0.25) is 0 Å². The molecule has 26 heavy (non-hydrogen) atoms. The van der Waals surface area contributed by atoms with Gasteiger partial charge in [-0.2, -0.15) is 0 Å². The lowest BCUT2D eigenvalue weighted by molar-refractivity contribution is 0.496. The highest BCUT2D eigenvalue weighted by atomic mass is 79.9. The Bertz CT molecular complexity index is 1100. The van der Waals surface area contributed by atoms with E-state index in [9.17, 15) is 4.39 Å². The third kappa shape index (κ3) is 3.58. The van der Waals surface area contributed by atoms with Gasteiger partial charge in [0.05, 0.1) is 6.42 Å². The smallest absolute Gasteiger partial charge is 0.240 e. The Morgan fingerprint density at radius 1 is 0.923 bits per heavy atom. The molecule has 4 aromatic rings. The lowest BCUT2D eigenvalue weighted by atomic mass is 10.0. The number of hydrogen-bond donors (Lipinski definition) is 0. The molecule has 4 rings (SSSR count). The lowest BCUT2D eigenvalue weighted by Crippen LogP contribution is -1.87. The Balaban J connectivity index is 1.57. The van der Waals surface area contributed by atoms with Crippen molar-refractivity contribution >= 4 is 38.9 Å². The van der Waals surface area contributed by atoms with Crippen molar-refractivity contribution in [1.82, 2.24) is 10.2 Å². The minimum absolute atomic E-state index is 0.230. The summed E-state index contributed by atoms with van der Waals surface area (Å²) in [5, 5.41) is 9.58. The third-order valence-electron chi connectivity index (χ3n) is 4.04. The second-order valence-electron chi connectivity index (χ2n) is 5.86. The monoisotopic (exact) mass is 408 g/mol. The molecule has 1 heterocycles. The Morgan fingerprint density at radius 2 is 1.77 bits per heavy atom. The molecule has 0 amide bonds.